The van der Waals surface area contributed by atoms with Crippen LogP contribution in [0, 0.1) is 5.92 Å². The summed E-state index contributed by atoms with van der Waals surface area (Å²) >= 11 is 3.82. The number of carbonyl (C=O) groups is 1. The van der Waals surface area contributed by atoms with E-state index >= 15 is 0 Å². The third-order valence-corrected chi connectivity index (χ3v) is 4.63. The fourth-order valence-electron chi connectivity index (χ4n) is 3.57. The van der Waals surface area contributed by atoms with Crippen molar-refractivity contribution < 1.29 is 9.53 Å². The van der Waals surface area contributed by atoms with Gasteiger partial charge in [-0.15, -0.1) is 0 Å². The molecular weight excluding hydrogens is 272 g/mol. The van der Waals surface area contributed by atoms with Gasteiger partial charge in [0.05, 0.1) is 6.10 Å². The number of amides is 1. The summed E-state index contributed by atoms with van der Waals surface area (Å²) in [6.07, 6.45) is 6.37. The highest BCUT2D eigenvalue weighted by molar-refractivity contribution is 7.96. The van der Waals surface area contributed by atoms with Gasteiger partial charge in [0.15, 0.2) is 0 Å². The Kier molecular flexibility index (Phi) is 6.18. The number of piperidine rings is 1. The first kappa shape index (κ1) is 16.1. The molecule has 1 aliphatic heterocycles. The molecule has 3 atom stereocenters. The maximum Gasteiger partial charge on any atom is 0.276 e. The highest BCUT2D eigenvalue weighted by Gasteiger charge is 2.44. The summed E-state index contributed by atoms with van der Waals surface area (Å²) in [5, 5.41) is 2.79. The topological polar surface area (TPSA) is 41.6 Å². The Labute approximate surface area is 128 Å². The second kappa shape index (κ2) is 7.66. The summed E-state index contributed by atoms with van der Waals surface area (Å²) in [6, 6.07) is 1.04. The molecule has 1 heterocycles. The van der Waals surface area contributed by atoms with Gasteiger partial charge in [-0.2, -0.15) is 0 Å². The smallest absolute Gasteiger partial charge is 0.276 e. The van der Waals surface area contributed by atoms with Crippen LogP contribution in [-0.4, -0.2) is 48.0 Å². The van der Waals surface area contributed by atoms with Crippen molar-refractivity contribution in [3.05, 3.63) is 0 Å². The lowest BCUT2D eigenvalue weighted by atomic mass is 10.0. The Morgan fingerprint density at radius 2 is 2.15 bits per heavy atom. The summed E-state index contributed by atoms with van der Waals surface area (Å²) < 4.78 is 5.55. The summed E-state index contributed by atoms with van der Waals surface area (Å²) in [6.45, 7) is 7.40. The first-order chi connectivity index (χ1) is 9.56. The molecule has 0 aromatic heterocycles. The molecule has 0 spiro atoms. The van der Waals surface area contributed by atoms with Gasteiger partial charge in [-0.05, 0) is 58.4 Å². The van der Waals surface area contributed by atoms with Crippen LogP contribution in [0.25, 0.3) is 0 Å². The van der Waals surface area contributed by atoms with Crippen molar-refractivity contribution in [2.45, 2.75) is 64.1 Å². The van der Waals surface area contributed by atoms with E-state index < -0.39 is 0 Å². The quantitative estimate of drug-likeness (QED) is 0.535. The Bertz CT molecular complexity index is 325. The fourth-order valence-corrected chi connectivity index (χ4v) is 3.73. The molecule has 0 radical (unpaired) electrons. The first-order valence-corrected chi connectivity index (χ1v) is 8.36. The van der Waals surface area contributed by atoms with Crippen LogP contribution in [-0.2, 0) is 4.74 Å². The Balaban J connectivity index is 1.56. The van der Waals surface area contributed by atoms with Crippen LogP contribution in [0.4, 0.5) is 4.79 Å². The van der Waals surface area contributed by atoms with Crippen molar-refractivity contribution >= 4 is 17.9 Å². The van der Waals surface area contributed by atoms with Gasteiger partial charge in [-0.1, -0.05) is 12.6 Å². The summed E-state index contributed by atoms with van der Waals surface area (Å²) in [5.74, 6) is 0.639. The normalized spacial score (nSPS) is 29.3. The zero-order valence-electron chi connectivity index (χ0n) is 12.7. The molecule has 2 fully saturated rings. The molecule has 2 aliphatic rings. The van der Waals surface area contributed by atoms with Crippen LogP contribution >= 0.6 is 12.6 Å². The van der Waals surface area contributed by atoms with Gasteiger partial charge >= 0.3 is 0 Å². The van der Waals surface area contributed by atoms with Gasteiger partial charge in [0.2, 0.25) is 0 Å². The van der Waals surface area contributed by atoms with Gasteiger partial charge < -0.3 is 10.1 Å². The van der Waals surface area contributed by atoms with Crippen LogP contribution in [0.3, 0.4) is 0 Å². The molecule has 3 unspecified atom stereocenters. The lowest BCUT2D eigenvalue weighted by Gasteiger charge is -2.31. The minimum Gasteiger partial charge on any atom is -0.379 e. The number of carbonyl (C=O) groups excluding carboxylic acids is 1. The standard InChI is InChI=1S/C15H28N2O2S/c1-11(2)19-7-5-3-4-6-17-10-12-8-13(17)9-14(12)16-15(18)20/h11-14H,3-10H2,1-2H3,(H2,16,18,20). The zero-order chi connectivity index (χ0) is 14.5. The molecule has 1 saturated heterocycles. The van der Waals surface area contributed by atoms with Crippen molar-refractivity contribution in [3.63, 3.8) is 0 Å². The van der Waals surface area contributed by atoms with Crippen molar-refractivity contribution in [3.8, 4) is 0 Å². The minimum atomic E-state index is -0.181. The monoisotopic (exact) mass is 300 g/mol. The van der Waals surface area contributed by atoms with Gasteiger partial charge in [0.1, 0.15) is 0 Å². The summed E-state index contributed by atoms with van der Waals surface area (Å²) in [4.78, 5) is 13.6. The van der Waals surface area contributed by atoms with Crippen molar-refractivity contribution in [1.29, 1.82) is 0 Å². The average Bonchev–Trinajstić information content (AvgIpc) is 2.91. The Morgan fingerprint density at radius 3 is 2.75 bits per heavy atom. The number of rotatable bonds is 8. The molecule has 1 amide bonds. The van der Waals surface area contributed by atoms with Crippen LogP contribution in [0.5, 0.6) is 0 Å². The molecule has 1 saturated carbocycles. The maximum absolute atomic E-state index is 11.0. The molecule has 0 aromatic rings. The van der Waals surface area contributed by atoms with E-state index in [-0.39, 0.29) is 5.24 Å². The van der Waals surface area contributed by atoms with Crippen LogP contribution < -0.4 is 5.32 Å². The van der Waals surface area contributed by atoms with E-state index in [0.29, 0.717) is 24.1 Å². The molecule has 2 rings (SSSR count). The first-order valence-electron chi connectivity index (χ1n) is 7.91. The van der Waals surface area contributed by atoms with E-state index in [2.05, 4.69) is 36.7 Å². The lowest BCUT2D eigenvalue weighted by Crippen LogP contribution is -2.44. The maximum atomic E-state index is 11.0. The molecule has 2 bridgehead atoms. The predicted molar refractivity (Wildman–Crippen MR) is 84.3 cm³/mol. The van der Waals surface area contributed by atoms with Crippen LogP contribution in [0.1, 0.15) is 46.0 Å². The van der Waals surface area contributed by atoms with Gasteiger partial charge in [-0.25, -0.2) is 0 Å². The van der Waals surface area contributed by atoms with E-state index in [1.165, 1.54) is 32.2 Å². The number of fused-ring (bicyclic) bond motifs is 2. The summed E-state index contributed by atoms with van der Waals surface area (Å²) in [7, 11) is 0. The van der Waals surface area contributed by atoms with Gasteiger partial charge in [-0.3, -0.25) is 9.69 Å². The third kappa shape index (κ3) is 4.64. The number of nitrogens with one attached hydrogen (secondary N) is 1. The van der Waals surface area contributed by atoms with Crippen LogP contribution in [0.2, 0.25) is 0 Å². The molecule has 20 heavy (non-hydrogen) atoms. The third-order valence-electron chi connectivity index (χ3n) is 4.51. The molecule has 0 aromatic carbocycles. The van der Waals surface area contributed by atoms with E-state index in [0.717, 1.165) is 19.6 Å². The SMILES string of the molecule is CC(C)OCCCCCN1CC2CC1CC2NC(=O)S. The second-order valence-electron chi connectivity index (χ2n) is 6.42. The van der Waals surface area contributed by atoms with Gasteiger partial charge in [0.25, 0.3) is 5.24 Å². The fraction of sp³-hybridized carbons (Fsp3) is 0.933. The van der Waals surface area contributed by atoms with Gasteiger partial charge in [0, 0.05) is 25.2 Å². The highest BCUT2D eigenvalue weighted by atomic mass is 32.1. The van der Waals surface area contributed by atoms with E-state index in [4.69, 9.17) is 4.74 Å². The molecule has 1 N–H and O–H groups in total. The molecule has 1 aliphatic carbocycles. The summed E-state index contributed by atoms with van der Waals surface area (Å²) in [5.41, 5.74) is 0. The number of hydrogen-bond donors (Lipinski definition) is 2. The van der Waals surface area contributed by atoms with Crippen molar-refractivity contribution in [2.75, 3.05) is 19.7 Å². The molecule has 116 valence electrons. The Hall–Kier alpha value is -0.260. The van der Waals surface area contributed by atoms with Crippen LogP contribution in [0.15, 0.2) is 0 Å². The van der Waals surface area contributed by atoms with E-state index in [9.17, 15) is 4.79 Å². The molecule has 4 nitrogen and oxygen atoms in total. The number of hydrogen-bond acceptors (Lipinski definition) is 3. The van der Waals surface area contributed by atoms with Crippen molar-refractivity contribution in [1.82, 2.24) is 10.2 Å². The largest absolute Gasteiger partial charge is 0.379 e. The highest BCUT2D eigenvalue weighted by Crippen LogP contribution is 2.37. The van der Waals surface area contributed by atoms with E-state index in [1.54, 1.807) is 0 Å². The number of likely N-dealkylation sites (tertiary alicyclic amines) is 1. The van der Waals surface area contributed by atoms with E-state index in [1.807, 2.05) is 0 Å². The molecule has 5 heteroatoms. The van der Waals surface area contributed by atoms with Crippen molar-refractivity contribution in [2.24, 2.45) is 5.92 Å². The number of ether oxygens (including phenoxy) is 1. The lowest BCUT2D eigenvalue weighted by molar-refractivity contribution is 0.0749. The zero-order valence-corrected chi connectivity index (χ0v) is 13.6. The Morgan fingerprint density at radius 1 is 1.35 bits per heavy atom. The number of nitrogens with zero attached hydrogens (tertiary/aromatic N) is 1. The number of thiol groups is 1. The second-order valence-corrected chi connectivity index (χ2v) is 6.82. The minimum absolute atomic E-state index is 0.181. The predicted octanol–water partition coefficient (Wildman–Crippen LogP) is 2.68. The number of unbranched alkanes of at least 4 members (excludes halogenated alkanes) is 2. The molecular formula is C15H28N2O2S. The average molecular weight is 300 g/mol.